The van der Waals surface area contributed by atoms with Crippen molar-refractivity contribution >= 4 is 23.9 Å². The van der Waals surface area contributed by atoms with E-state index >= 15 is 0 Å². The van der Waals surface area contributed by atoms with E-state index < -0.39 is 23.9 Å². The topological polar surface area (TPSA) is 158 Å². The van der Waals surface area contributed by atoms with Crippen LogP contribution < -0.4 is 15.3 Å². The Labute approximate surface area is 320 Å². The van der Waals surface area contributed by atoms with Gasteiger partial charge in [0.25, 0.3) is 0 Å². The minimum Gasteiger partial charge on any atom is -0.550 e. The molecule has 0 heterocycles. The second kappa shape index (κ2) is 50.9. The Morgan fingerprint density at radius 2 is 0.551 bits per heavy atom. The molecule has 8 nitrogen and oxygen atoms in total. The zero-order valence-electron chi connectivity index (χ0n) is 32.2. The molecule has 0 unspecified atom stereocenters. The van der Waals surface area contributed by atoms with E-state index in [9.17, 15) is 34.5 Å². The Kier molecular flexibility index (Phi) is 59.0. The van der Waals surface area contributed by atoms with Gasteiger partial charge in [-0.25, -0.2) is 4.79 Å². The number of aliphatic carboxylic acids is 4. The van der Waals surface area contributed by atoms with Crippen molar-refractivity contribution in [3.8, 4) is 0 Å². The van der Waals surface area contributed by atoms with Crippen LogP contribution in [0, 0.1) is 0 Å². The molecule has 0 aromatic carbocycles. The Hall–Kier alpha value is -1.50. The van der Waals surface area contributed by atoms with Crippen molar-refractivity contribution in [1.29, 1.82) is 0 Å². The molecule has 0 aromatic rings. The van der Waals surface area contributed by atoms with Gasteiger partial charge in [-0.1, -0.05) is 181 Å². The standard InChI is InChI=1S/3C12H24O2.C4H6O2.Zr/c3*1-2-3-4-5-6-7-8-9-10-11-12(13)14;1-3(2)4(5)6;/h3*2-11H2,1H3,(H,13,14);1H2,2H3,(H,5,6);/q;;;;+3/p-3. The molecule has 1 radical (unpaired) electrons. The van der Waals surface area contributed by atoms with E-state index in [1.807, 2.05) is 0 Å². The zero-order valence-corrected chi connectivity index (χ0v) is 34.7. The minimum absolute atomic E-state index is 0. The predicted molar refractivity (Wildman–Crippen MR) is 193 cm³/mol. The van der Waals surface area contributed by atoms with Gasteiger partial charge in [-0.05, 0) is 45.4 Å². The van der Waals surface area contributed by atoms with Crippen molar-refractivity contribution in [3.05, 3.63) is 12.2 Å². The summed E-state index contributed by atoms with van der Waals surface area (Å²) in [5.41, 5.74) is 0.176. The van der Waals surface area contributed by atoms with E-state index in [2.05, 4.69) is 27.4 Å². The smallest absolute Gasteiger partial charge is 0.550 e. The molecule has 0 saturated carbocycles. The van der Waals surface area contributed by atoms with Gasteiger partial charge in [-0.3, -0.25) is 0 Å². The maximum Gasteiger partial charge on any atom is 3.00 e. The monoisotopic (exact) mass is 773 g/mol. The average molecular weight is 775 g/mol. The second-order valence-corrected chi connectivity index (χ2v) is 12.9. The number of hydrogen-bond acceptors (Lipinski definition) is 7. The Morgan fingerprint density at radius 3 is 0.673 bits per heavy atom. The number of carboxylic acid groups (broad SMARTS) is 4. The minimum atomic E-state index is -0.935. The molecule has 0 aliphatic carbocycles. The number of hydrogen-bond donors (Lipinski definition) is 1. The first-order chi connectivity index (χ1) is 23.0. The van der Waals surface area contributed by atoms with Crippen molar-refractivity contribution in [2.45, 2.75) is 220 Å². The molecule has 0 bridgehead atoms. The summed E-state index contributed by atoms with van der Waals surface area (Å²) in [5, 5.41) is 38.2. The number of rotatable bonds is 31. The van der Waals surface area contributed by atoms with Gasteiger partial charge < -0.3 is 34.8 Å². The first-order valence-electron chi connectivity index (χ1n) is 19.4. The summed E-state index contributed by atoms with van der Waals surface area (Å²) in [6.07, 6.45) is 33.5. The van der Waals surface area contributed by atoms with E-state index in [1.165, 1.54) is 142 Å². The Balaban J connectivity index is -0.000000180. The van der Waals surface area contributed by atoms with Crippen molar-refractivity contribution in [2.24, 2.45) is 0 Å². The van der Waals surface area contributed by atoms with E-state index in [-0.39, 0.29) is 51.0 Å². The molecule has 0 fully saturated rings. The summed E-state index contributed by atoms with van der Waals surface area (Å²) in [6.45, 7) is 11.3. The molecule has 0 saturated heterocycles. The van der Waals surface area contributed by atoms with Crippen molar-refractivity contribution in [3.63, 3.8) is 0 Å². The van der Waals surface area contributed by atoms with Crippen LogP contribution in [0.15, 0.2) is 12.2 Å². The molecule has 0 rings (SSSR count). The van der Waals surface area contributed by atoms with Crippen molar-refractivity contribution < 1.29 is 65.8 Å². The van der Waals surface area contributed by atoms with Gasteiger partial charge in [0.2, 0.25) is 0 Å². The molecule has 9 heteroatoms. The van der Waals surface area contributed by atoms with E-state index in [0.717, 1.165) is 38.5 Å². The molecule has 0 spiro atoms. The number of carboxylic acids is 4. The summed E-state index contributed by atoms with van der Waals surface area (Å²) in [4.78, 5) is 39.9. The number of carbonyl (C=O) groups excluding carboxylic acids is 3. The quantitative estimate of drug-likeness (QED) is 0.0542. The maximum atomic E-state index is 10.1. The summed E-state index contributed by atoms with van der Waals surface area (Å²) >= 11 is 0. The Morgan fingerprint density at radius 1 is 0.408 bits per heavy atom. The van der Waals surface area contributed by atoms with E-state index in [1.54, 1.807) is 0 Å². The summed E-state index contributed by atoms with van der Waals surface area (Å²) < 4.78 is 0. The number of unbranched alkanes of at least 4 members (excludes halogenated alkanes) is 24. The van der Waals surface area contributed by atoms with Crippen LogP contribution in [0.3, 0.4) is 0 Å². The van der Waals surface area contributed by atoms with Crippen LogP contribution in [-0.2, 0) is 45.4 Å². The zero-order chi connectivity index (χ0) is 37.1. The maximum absolute atomic E-state index is 10.1. The van der Waals surface area contributed by atoms with Gasteiger partial charge >= 0.3 is 32.2 Å². The van der Waals surface area contributed by atoms with Crippen LogP contribution in [0.5, 0.6) is 0 Å². The molecule has 0 aliphatic heterocycles. The van der Waals surface area contributed by atoms with Gasteiger partial charge in [0.1, 0.15) is 0 Å². The van der Waals surface area contributed by atoms with Crippen LogP contribution in [0.1, 0.15) is 220 Å². The van der Waals surface area contributed by atoms with Gasteiger partial charge in [-0.15, -0.1) is 0 Å². The molecule has 0 atom stereocenters. The van der Waals surface area contributed by atoms with Crippen molar-refractivity contribution in [2.75, 3.05) is 0 Å². The normalized spacial score (nSPS) is 9.80. The molecule has 49 heavy (non-hydrogen) atoms. The first-order valence-corrected chi connectivity index (χ1v) is 19.4. The summed E-state index contributed by atoms with van der Waals surface area (Å²) in [5.74, 6) is -3.66. The Bertz CT molecular complexity index is 639. The van der Waals surface area contributed by atoms with Crippen LogP contribution in [0.4, 0.5) is 0 Å². The van der Waals surface area contributed by atoms with Gasteiger partial charge in [0.15, 0.2) is 0 Å². The first kappa shape index (κ1) is 56.9. The SMILES string of the molecule is C=C(C)C(=O)O.CCCCCCCCCCCC(=O)[O-].CCCCCCCCCCCC(=O)[O-].CCCCCCCCCCCC(=O)[O-].[Zr+3]. The third-order valence-corrected chi connectivity index (χ3v) is 7.82. The molecule has 1 N–H and O–H groups in total. The number of carbonyl (C=O) groups is 4. The summed E-state index contributed by atoms with van der Waals surface area (Å²) in [7, 11) is 0. The van der Waals surface area contributed by atoms with Gasteiger partial charge in [-0.2, -0.15) is 0 Å². The van der Waals surface area contributed by atoms with E-state index in [0.29, 0.717) is 0 Å². The molecule has 0 amide bonds. The fourth-order valence-electron chi connectivity index (χ4n) is 4.74. The third-order valence-electron chi connectivity index (χ3n) is 7.82. The van der Waals surface area contributed by atoms with Crippen LogP contribution in [-0.4, -0.2) is 29.0 Å². The predicted octanol–water partition coefficient (Wildman–Crippen LogP) is 8.62. The second-order valence-electron chi connectivity index (χ2n) is 12.9. The van der Waals surface area contributed by atoms with Crippen molar-refractivity contribution in [1.82, 2.24) is 0 Å². The molecular formula is C40H75O8Zr. The summed E-state index contributed by atoms with van der Waals surface area (Å²) in [6, 6.07) is 0. The molecule has 0 aromatic heterocycles. The largest absolute Gasteiger partial charge is 3.00 e. The molecule has 287 valence electrons. The fourth-order valence-corrected chi connectivity index (χ4v) is 4.74. The fraction of sp³-hybridized carbons (Fsp3) is 0.850. The van der Waals surface area contributed by atoms with Crippen LogP contribution in [0.25, 0.3) is 0 Å². The third kappa shape index (κ3) is 73.1. The molecular weight excluding hydrogens is 700 g/mol. The average Bonchev–Trinajstić information content (AvgIpc) is 3.03. The van der Waals surface area contributed by atoms with Crippen LogP contribution >= 0.6 is 0 Å². The van der Waals surface area contributed by atoms with E-state index in [4.69, 9.17) is 5.11 Å². The van der Waals surface area contributed by atoms with Gasteiger partial charge in [0, 0.05) is 23.5 Å². The molecule has 0 aliphatic rings. The van der Waals surface area contributed by atoms with Crippen LogP contribution in [0.2, 0.25) is 0 Å². The van der Waals surface area contributed by atoms with Gasteiger partial charge in [0.05, 0.1) is 0 Å².